The highest BCUT2D eigenvalue weighted by atomic mass is 79.9. The molecule has 2 saturated carbocycles. The van der Waals surface area contributed by atoms with Crippen LogP contribution in [0.1, 0.15) is 29.7 Å². The van der Waals surface area contributed by atoms with Crippen molar-refractivity contribution < 1.29 is 0 Å². The third kappa shape index (κ3) is 1.80. The first-order valence-corrected chi connectivity index (χ1v) is 7.38. The van der Waals surface area contributed by atoms with E-state index in [9.17, 15) is 0 Å². The lowest BCUT2D eigenvalue weighted by atomic mass is 10.0. The third-order valence-electron chi connectivity index (χ3n) is 4.00. The van der Waals surface area contributed by atoms with Crippen molar-refractivity contribution in [3.05, 3.63) is 34.3 Å². The van der Waals surface area contributed by atoms with Gasteiger partial charge in [-0.15, -0.1) is 0 Å². The maximum absolute atomic E-state index is 3.88. The summed E-state index contributed by atoms with van der Waals surface area (Å²) in [4.78, 5) is 0.584. The lowest BCUT2D eigenvalue weighted by molar-refractivity contribution is 0.583. The van der Waals surface area contributed by atoms with Crippen molar-refractivity contribution in [1.82, 2.24) is 0 Å². The zero-order valence-electron chi connectivity index (χ0n) is 8.50. The van der Waals surface area contributed by atoms with Gasteiger partial charge in [0.15, 0.2) is 0 Å². The molecule has 1 aromatic rings. The van der Waals surface area contributed by atoms with Crippen LogP contribution in [0.15, 0.2) is 28.7 Å². The van der Waals surface area contributed by atoms with Gasteiger partial charge in [-0.1, -0.05) is 50.4 Å². The quantitative estimate of drug-likeness (QED) is 0.675. The van der Waals surface area contributed by atoms with Crippen molar-refractivity contribution in [2.24, 2.45) is 17.8 Å². The number of alkyl halides is 1. The molecule has 0 radical (unpaired) electrons. The van der Waals surface area contributed by atoms with Crippen LogP contribution in [0.25, 0.3) is 0 Å². The van der Waals surface area contributed by atoms with Crippen LogP contribution in [-0.4, -0.2) is 0 Å². The minimum absolute atomic E-state index is 0.584. The van der Waals surface area contributed by atoms with Crippen LogP contribution in [0.4, 0.5) is 0 Å². The van der Waals surface area contributed by atoms with Gasteiger partial charge in [-0.3, -0.25) is 0 Å². The Hall–Kier alpha value is 0.180. The van der Waals surface area contributed by atoms with Crippen molar-refractivity contribution in [2.75, 3.05) is 0 Å². The molecule has 3 rings (SSSR count). The average Bonchev–Trinajstić information content (AvgIpc) is 2.72. The van der Waals surface area contributed by atoms with E-state index < -0.39 is 0 Å². The summed E-state index contributed by atoms with van der Waals surface area (Å²) in [6.07, 6.45) is 4.40. The Bertz CT molecular complexity index is 347. The molecule has 3 atom stereocenters. The van der Waals surface area contributed by atoms with Gasteiger partial charge in [0.2, 0.25) is 0 Å². The number of fused-ring (bicyclic) bond motifs is 1. The predicted octanol–water partition coefficient (Wildman–Crippen LogP) is 4.93. The lowest BCUT2D eigenvalue weighted by Gasteiger charge is -2.12. The molecule has 2 aliphatic carbocycles. The van der Waals surface area contributed by atoms with Gasteiger partial charge in [0.25, 0.3) is 0 Å². The summed E-state index contributed by atoms with van der Waals surface area (Å²) in [7, 11) is 0. The smallest absolute Gasteiger partial charge is 0.0429 e. The molecule has 0 aliphatic heterocycles. The standard InChI is InChI=1S/C13H14Br2/c14-9-6-4-8(5-7-9)13(15)12-10-2-1-3-11(10)12/h4-7,10-13H,1-3H2. The molecule has 0 nitrogen and oxygen atoms in total. The monoisotopic (exact) mass is 328 g/mol. The van der Waals surface area contributed by atoms with Crippen molar-refractivity contribution >= 4 is 31.9 Å². The first kappa shape index (κ1) is 10.3. The third-order valence-corrected chi connectivity index (χ3v) is 5.67. The second-order valence-electron chi connectivity index (χ2n) is 4.79. The van der Waals surface area contributed by atoms with Crippen LogP contribution in [0.3, 0.4) is 0 Å². The molecule has 0 spiro atoms. The second kappa shape index (κ2) is 3.89. The molecular formula is C13H14Br2. The van der Waals surface area contributed by atoms with Gasteiger partial charge in [-0.05, 0) is 48.3 Å². The average molecular weight is 330 g/mol. The molecule has 0 N–H and O–H groups in total. The van der Waals surface area contributed by atoms with E-state index in [1.54, 1.807) is 0 Å². The van der Waals surface area contributed by atoms with Crippen molar-refractivity contribution in [3.63, 3.8) is 0 Å². The number of benzene rings is 1. The van der Waals surface area contributed by atoms with Crippen LogP contribution in [0.2, 0.25) is 0 Å². The number of halogens is 2. The summed E-state index contributed by atoms with van der Waals surface area (Å²) in [6.45, 7) is 0. The number of hydrogen-bond donors (Lipinski definition) is 0. The zero-order chi connectivity index (χ0) is 10.4. The van der Waals surface area contributed by atoms with E-state index in [2.05, 4.69) is 56.1 Å². The predicted molar refractivity (Wildman–Crippen MR) is 70.1 cm³/mol. The van der Waals surface area contributed by atoms with Crippen LogP contribution >= 0.6 is 31.9 Å². The van der Waals surface area contributed by atoms with E-state index in [1.165, 1.54) is 29.3 Å². The van der Waals surface area contributed by atoms with Crippen molar-refractivity contribution in [1.29, 1.82) is 0 Å². The fraction of sp³-hybridized carbons (Fsp3) is 0.538. The van der Waals surface area contributed by atoms with Crippen LogP contribution in [0, 0.1) is 17.8 Å². The van der Waals surface area contributed by atoms with Gasteiger partial charge in [0, 0.05) is 9.30 Å². The Kier molecular flexibility index (Phi) is 2.68. The van der Waals surface area contributed by atoms with Crippen LogP contribution in [-0.2, 0) is 0 Å². The van der Waals surface area contributed by atoms with Crippen LogP contribution < -0.4 is 0 Å². The van der Waals surface area contributed by atoms with E-state index in [1.807, 2.05) is 0 Å². The lowest BCUT2D eigenvalue weighted by Crippen LogP contribution is -1.97. The SMILES string of the molecule is Brc1ccc(C(Br)C2C3CCCC32)cc1. The molecule has 2 aliphatic rings. The normalized spacial score (nSPS) is 34.9. The summed E-state index contributed by atoms with van der Waals surface area (Å²) < 4.78 is 1.17. The van der Waals surface area contributed by atoms with Gasteiger partial charge in [-0.25, -0.2) is 0 Å². The van der Waals surface area contributed by atoms with E-state index >= 15 is 0 Å². The second-order valence-corrected chi connectivity index (χ2v) is 6.69. The minimum atomic E-state index is 0.584. The highest BCUT2D eigenvalue weighted by molar-refractivity contribution is 9.10. The van der Waals surface area contributed by atoms with E-state index in [0.717, 1.165) is 17.8 Å². The van der Waals surface area contributed by atoms with E-state index in [-0.39, 0.29) is 0 Å². The van der Waals surface area contributed by atoms with Gasteiger partial charge < -0.3 is 0 Å². The molecule has 0 aromatic heterocycles. The Morgan fingerprint density at radius 1 is 1.07 bits per heavy atom. The van der Waals surface area contributed by atoms with E-state index in [0.29, 0.717) is 4.83 Å². The number of hydrogen-bond acceptors (Lipinski definition) is 0. The van der Waals surface area contributed by atoms with Crippen molar-refractivity contribution in [3.8, 4) is 0 Å². The summed E-state index contributed by atoms with van der Waals surface area (Å²) in [5, 5.41) is 0. The largest absolute Gasteiger partial charge is 0.0836 e. The fourth-order valence-corrected chi connectivity index (χ4v) is 4.53. The minimum Gasteiger partial charge on any atom is -0.0836 e. The molecule has 0 saturated heterocycles. The Morgan fingerprint density at radius 3 is 2.27 bits per heavy atom. The molecular weight excluding hydrogens is 316 g/mol. The Morgan fingerprint density at radius 2 is 1.67 bits per heavy atom. The molecule has 0 heterocycles. The fourth-order valence-electron chi connectivity index (χ4n) is 3.18. The molecule has 0 amide bonds. The van der Waals surface area contributed by atoms with Crippen molar-refractivity contribution in [2.45, 2.75) is 24.1 Å². The maximum Gasteiger partial charge on any atom is 0.0429 e. The molecule has 2 heteroatoms. The molecule has 15 heavy (non-hydrogen) atoms. The summed E-state index contributed by atoms with van der Waals surface area (Å²) >= 11 is 7.36. The highest BCUT2D eigenvalue weighted by Gasteiger charge is 2.55. The maximum atomic E-state index is 3.88. The topological polar surface area (TPSA) is 0 Å². The summed E-state index contributed by atoms with van der Waals surface area (Å²) in [6, 6.07) is 8.75. The van der Waals surface area contributed by atoms with Gasteiger partial charge >= 0.3 is 0 Å². The molecule has 80 valence electrons. The zero-order valence-corrected chi connectivity index (χ0v) is 11.7. The van der Waals surface area contributed by atoms with Gasteiger partial charge in [-0.2, -0.15) is 0 Å². The molecule has 0 bridgehead atoms. The molecule has 1 aromatic carbocycles. The highest BCUT2D eigenvalue weighted by Crippen LogP contribution is 2.64. The van der Waals surface area contributed by atoms with Gasteiger partial charge in [0.1, 0.15) is 0 Å². The van der Waals surface area contributed by atoms with Crippen LogP contribution in [0.5, 0.6) is 0 Å². The van der Waals surface area contributed by atoms with E-state index in [4.69, 9.17) is 0 Å². The molecule has 3 unspecified atom stereocenters. The first-order chi connectivity index (χ1) is 7.27. The van der Waals surface area contributed by atoms with Gasteiger partial charge in [0.05, 0.1) is 0 Å². The summed E-state index contributed by atoms with van der Waals surface area (Å²) in [5.41, 5.74) is 1.44. The summed E-state index contributed by atoms with van der Waals surface area (Å²) in [5.74, 6) is 2.97. The number of rotatable bonds is 2. The Labute approximate surface area is 108 Å². The molecule has 2 fully saturated rings. The Balaban J connectivity index is 1.75. The first-order valence-electron chi connectivity index (χ1n) is 5.67.